The van der Waals surface area contributed by atoms with Gasteiger partial charge in [0.15, 0.2) is 4.34 Å². The first-order valence-corrected chi connectivity index (χ1v) is 7.79. The van der Waals surface area contributed by atoms with E-state index >= 15 is 0 Å². The molecule has 96 valence electrons. The smallest absolute Gasteiger partial charge is 0.170 e. The Morgan fingerprint density at radius 1 is 1.44 bits per heavy atom. The van der Waals surface area contributed by atoms with Crippen LogP contribution in [0.5, 0.6) is 0 Å². The Morgan fingerprint density at radius 3 is 3.00 bits per heavy atom. The topological polar surface area (TPSA) is 51.0 Å². The maximum Gasteiger partial charge on any atom is 0.170 e. The molecule has 4 nitrogen and oxygen atoms in total. The van der Waals surface area contributed by atoms with E-state index in [9.17, 15) is 0 Å². The molecule has 0 bridgehead atoms. The average molecular weight is 281 g/mol. The van der Waals surface area contributed by atoms with E-state index in [2.05, 4.69) is 20.7 Å². The molecule has 0 radical (unpaired) electrons. The van der Waals surface area contributed by atoms with Crippen molar-refractivity contribution in [3.8, 4) is 0 Å². The summed E-state index contributed by atoms with van der Waals surface area (Å²) in [6.45, 7) is 2.75. The Morgan fingerprint density at radius 2 is 2.28 bits per heavy atom. The van der Waals surface area contributed by atoms with Gasteiger partial charge >= 0.3 is 0 Å². The van der Waals surface area contributed by atoms with Crippen molar-refractivity contribution in [2.24, 2.45) is 0 Å². The lowest BCUT2D eigenvalue weighted by molar-refractivity contribution is 0.458. The van der Waals surface area contributed by atoms with Gasteiger partial charge in [0.1, 0.15) is 17.3 Å². The lowest BCUT2D eigenvalue weighted by Crippen LogP contribution is -2.14. The zero-order valence-corrected chi connectivity index (χ0v) is 11.8. The molecule has 18 heavy (non-hydrogen) atoms. The van der Waals surface area contributed by atoms with Gasteiger partial charge in [0.05, 0.1) is 12.3 Å². The van der Waals surface area contributed by atoms with Gasteiger partial charge in [-0.2, -0.15) is 4.37 Å². The van der Waals surface area contributed by atoms with E-state index in [4.69, 9.17) is 4.42 Å². The Balaban J connectivity index is 1.49. The van der Waals surface area contributed by atoms with Crippen LogP contribution >= 0.6 is 23.3 Å². The summed E-state index contributed by atoms with van der Waals surface area (Å²) in [5.74, 6) is 3.68. The third-order valence-corrected chi connectivity index (χ3v) is 4.65. The first-order chi connectivity index (χ1) is 8.79. The fourth-order valence-electron chi connectivity index (χ4n) is 1.60. The number of aromatic nitrogens is 2. The van der Waals surface area contributed by atoms with Gasteiger partial charge < -0.3 is 9.73 Å². The monoisotopic (exact) mass is 281 g/mol. The van der Waals surface area contributed by atoms with Crippen LogP contribution < -0.4 is 5.32 Å². The summed E-state index contributed by atoms with van der Waals surface area (Å²) in [5, 5.41) is 3.44. The van der Waals surface area contributed by atoms with Crippen molar-refractivity contribution in [2.45, 2.75) is 42.4 Å². The highest BCUT2D eigenvalue weighted by molar-refractivity contribution is 8.00. The van der Waals surface area contributed by atoms with E-state index in [-0.39, 0.29) is 0 Å². The molecule has 2 aromatic rings. The molecule has 0 atom stereocenters. The van der Waals surface area contributed by atoms with Gasteiger partial charge in [0.2, 0.25) is 0 Å². The molecule has 0 saturated heterocycles. The van der Waals surface area contributed by atoms with E-state index in [0.717, 1.165) is 40.0 Å². The minimum absolute atomic E-state index is 0.720. The Hall–Kier alpha value is -0.850. The summed E-state index contributed by atoms with van der Waals surface area (Å²) >= 11 is 3.12. The molecule has 2 heterocycles. The van der Waals surface area contributed by atoms with Crippen LogP contribution in [0.1, 0.15) is 30.2 Å². The van der Waals surface area contributed by atoms with Crippen LogP contribution in [0.25, 0.3) is 0 Å². The fraction of sp³-hybridized carbons (Fsp3) is 0.500. The van der Waals surface area contributed by atoms with Crippen molar-refractivity contribution in [3.63, 3.8) is 0 Å². The molecular weight excluding hydrogens is 266 g/mol. The van der Waals surface area contributed by atoms with Gasteiger partial charge in [-0.15, -0.1) is 0 Å². The normalized spacial score (nSPS) is 15.2. The van der Waals surface area contributed by atoms with Gasteiger partial charge in [0.25, 0.3) is 0 Å². The predicted molar refractivity (Wildman–Crippen MR) is 72.8 cm³/mol. The summed E-state index contributed by atoms with van der Waals surface area (Å²) < 4.78 is 10.9. The van der Waals surface area contributed by atoms with Gasteiger partial charge in [-0.05, 0) is 43.4 Å². The lowest BCUT2D eigenvalue weighted by atomic mass is 10.4. The highest BCUT2D eigenvalue weighted by Gasteiger charge is 2.20. The first-order valence-electron chi connectivity index (χ1n) is 6.04. The predicted octanol–water partition coefficient (Wildman–Crippen LogP) is 2.98. The van der Waals surface area contributed by atoms with Crippen molar-refractivity contribution in [1.82, 2.24) is 14.7 Å². The number of hydrogen-bond donors (Lipinski definition) is 1. The molecule has 1 aliphatic rings. The van der Waals surface area contributed by atoms with Gasteiger partial charge in [-0.1, -0.05) is 11.8 Å². The first kappa shape index (κ1) is 12.2. The molecule has 6 heteroatoms. The van der Waals surface area contributed by atoms with Crippen molar-refractivity contribution < 1.29 is 4.42 Å². The SMILES string of the molecule is Cc1nsc(SCc2ccc(CNC3CC3)o2)n1. The summed E-state index contributed by atoms with van der Waals surface area (Å²) in [6, 6.07) is 4.82. The standard InChI is InChI=1S/C12H15N3OS2/c1-8-14-12(18-15-8)17-7-11-5-4-10(16-11)6-13-9-2-3-9/h4-5,9,13H,2-3,6-7H2,1H3. The number of aryl methyl sites for hydroxylation is 1. The summed E-state index contributed by atoms with van der Waals surface area (Å²) in [6.07, 6.45) is 2.61. The van der Waals surface area contributed by atoms with Gasteiger partial charge in [0, 0.05) is 6.04 Å². The van der Waals surface area contributed by atoms with Gasteiger partial charge in [-0.3, -0.25) is 0 Å². The quantitative estimate of drug-likeness (QED) is 0.825. The molecule has 0 aliphatic heterocycles. The largest absolute Gasteiger partial charge is 0.464 e. The molecule has 2 aromatic heterocycles. The van der Waals surface area contributed by atoms with Crippen LogP contribution in [-0.4, -0.2) is 15.4 Å². The average Bonchev–Trinajstić information content (AvgIpc) is 2.93. The minimum atomic E-state index is 0.720. The van der Waals surface area contributed by atoms with Crippen molar-refractivity contribution >= 4 is 23.3 Å². The molecule has 1 saturated carbocycles. The molecule has 1 fully saturated rings. The van der Waals surface area contributed by atoms with E-state index in [1.54, 1.807) is 11.8 Å². The highest BCUT2D eigenvalue weighted by atomic mass is 32.2. The number of nitrogens with zero attached hydrogens (tertiary/aromatic N) is 2. The molecular formula is C12H15N3OS2. The van der Waals surface area contributed by atoms with E-state index in [1.807, 2.05) is 13.0 Å². The van der Waals surface area contributed by atoms with Crippen LogP contribution in [0.15, 0.2) is 20.9 Å². The Labute approximate surface area is 114 Å². The Bertz CT molecular complexity index is 519. The second kappa shape index (κ2) is 5.42. The number of thioether (sulfide) groups is 1. The Kier molecular flexibility index (Phi) is 3.67. The maximum atomic E-state index is 5.76. The molecule has 1 N–H and O–H groups in total. The third kappa shape index (κ3) is 3.34. The molecule has 0 aromatic carbocycles. The van der Waals surface area contributed by atoms with Crippen LogP contribution in [-0.2, 0) is 12.3 Å². The third-order valence-electron chi connectivity index (χ3n) is 2.71. The number of furan rings is 1. The second-order valence-corrected chi connectivity index (χ2v) is 6.39. The molecule has 0 amide bonds. The molecule has 3 rings (SSSR count). The van der Waals surface area contributed by atoms with Crippen LogP contribution in [0.3, 0.4) is 0 Å². The van der Waals surface area contributed by atoms with Gasteiger partial charge in [-0.25, -0.2) is 4.98 Å². The molecule has 0 unspecified atom stereocenters. The number of hydrogen-bond acceptors (Lipinski definition) is 6. The van der Waals surface area contributed by atoms with Crippen LogP contribution in [0, 0.1) is 6.92 Å². The molecule has 0 spiro atoms. The maximum absolute atomic E-state index is 5.76. The van der Waals surface area contributed by atoms with E-state index < -0.39 is 0 Å². The summed E-state index contributed by atoms with van der Waals surface area (Å²) in [5.41, 5.74) is 0. The molecule has 1 aliphatic carbocycles. The second-order valence-electron chi connectivity index (χ2n) is 4.42. The number of rotatable bonds is 6. The van der Waals surface area contributed by atoms with Crippen molar-refractivity contribution in [1.29, 1.82) is 0 Å². The van der Waals surface area contributed by atoms with Crippen molar-refractivity contribution in [2.75, 3.05) is 0 Å². The minimum Gasteiger partial charge on any atom is -0.464 e. The van der Waals surface area contributed by atoms with Crippen molar-refractivity contribution in [3.05, 3.63) is 29.5 Å². The zero-order chi connectivity index (χ0) is 12.4. The summed E-state index contributed by atoms with van der Waals surface area (Å²) in [7, 11) is 0. The number of nitrogens with one attached hydrogen (secondary N) is 1. The summed E-state index contributed by atoms with van der Waals surface area (Å²) in [4.78, 5) is 4.32. The lowest BCUT2D eigenvalue weighted by Gasteiger charge is -1.98. The fourth-order valence-corrected chi connectivity index (χ4v) is 3.14. The van der Waals surface area contributed by atoms with E-state index in [0.29, 0.717) is 0 Å². The van der Waals surface area contributed by atoms with E-state index in [1.165, 1.54) is 24.4 Å². The van der Waals surface area contributed by atoms with Crippen LogP contribution in [0.2, 0.25) is 0 Å². The highest BCUT2D eigenvalue weighted by Crippen LogP contribution is 2.25. The van der Waals surface area contributed by atoms with Crippen LogP contribution in [0.4, 0.5) is 0 Å². The zero-order valence-electron chi connectivity index (χ0n) is 10.2.